The number of nitrogens with one attached hydrogen (secondary N) is 1. The van der Waals surface area contributed by atoms with Gasteiger partial charge in [-0.1, -0.05) is 52.4 Å². The number of nitrogens with zero attached hydrogens (tertiary/aromatic N) is 1. The summed E-state index contributed by atoms with van der Waals surface area (Å²) in [5.74, 6) is -0.705. The van der Waals surface area contributed by atoms with E-state index in [0.717, 1.165) is 87.9 Å². The number of hydrogen-bond acceptors (Lipinski definition) is 7. The number of aliphatic carboxylic acids is 1. The van der Waals surface area contributed by atoms with E-state index in [4.69, 9.17) is 9.84 Å². The summed E-state index contributed by atoms with van der Waals surface area (Å²) in [6.45, 7) is 4.80. The molecule has 0 spiro atoms. The van der Waals surface area contributed by atoms with Crippen LogP contribution in [0.4, 0.5) is 17.1 Å². The van der Waals surface area contributed by atoms with Gasteiger partial charge in [0.25, 0.3) is 0 Å². The summed E-state index contributed by atoms with van der Waals surface area (Å²) in [4.78, 5) is 26.8. The molecule has 8 nitrogen and oxygen atoms in total. The van der Waals surface area contributed by atoms with Crippen molar-refractivity contribution in [3.05, 3.63) is 48.7 Å². The Hall–Kier alpha value is -2.98. The van der Waals surface area contributed by atoms with Crippen molar-refractivity contribution in [3.63, 3.8) is 0 Å². The van der Waals surface area contributed by atoms with E-state index in [9.17, 15) is 18.0 Å². The van der Waals surface area contributed by atoms with E-state index in [1.807, 2.05) is 36.6 Å². The average molecular weight is 629 g/mol. The van der Waals surface area contributed by atoms with Gasteiger partial charge in [-0.05, 0) is 62.3 Å². The standard InChI is InChI=1S/C33H44N2O6S2/c1-4-6-17-33(18-7-5-2)22-35(26-14-12-25(13-15-26)34-32(38)24-10-8-9-11-24)27-20-29(42-3)28(41-19-16-31(36)37)21-30(27)43(39,40)23-33/h12-16,19-21,24H,4-11,17-18,22-23H2,1-3H3,(H,34,38)(H,36,37). The smallest absolute Gasteiger partial charge is 0.331 e. The number of ether oxygens (including phenoxy) is 1. The normalized spacial score (nSPS) is 17.9. The maximum Gasteiger partial charge on any atom is 0.331 e. The molecular weight excluding hydrogens is 585 g/mol. The molecule has 1 aliphatic carbocycles. The second kappa shape index (κ2) is 14.7. The summed E-state index contributed by atoms with van der Waals surface area (Å²) in [5.41, 5.74) is 1.70. The van der Waals surface area contributed by atoms with Crippen LogP contribution in [0.3, 0.4) is 0 Å². The van der Waals surface area contributed by atoms with Gasteiger partial charge < -0.3 is 20.1 Å². The number of carbonyl (C=O) groups excluding carboxylic acids is 1. The van der Waals surface area contributed by atoms with Crippen LogP contribution in [-0.2, 0) is 19.4 Å². The first-order valence-electron chi connectivity index (χ1n) is 15.3. The molecule has 0 unspecified atom stereocenters. The van der Waals surface area contributed by atoms with Gasteiger partial charge in [0.15, 0.2) is 9.84 Å². The molecule has 10 heteroatoms. The lowest BCUT2D eigenvalue weighted by Gasteiger charge is -2.37. The minimum absolute atomic E-state index is 0.0298. The highest BCUT2D eigenvalue weighted by Crippen LogP contribution is 2.48. The van der Waals surface area contributed by atoms with Crippen molar-refractivity contribution in [2.24, 2.45) is 11.3 Å². The number of thioether (sulfide) groups is 1. The lowest BCUT2D eigenvalue weighted by Crippen LogP contribution is -2.38. The summed E-state index contributed by atoms with van der Waals surface area (Å²) in [6, 6.07) is 11.1. The van der Waals surface area contributed by atoms with Crippen LogP contribution in [0.25, 0.3) is 0 Å². The Morgan fingerprint density at radius 3 is 2.33 bits per heavy atom. The first kappa shape index (κ1) is 32.9. The molecule has 1 saturated carbocycles. The largest absolute Gasteiger partial charge is 0.478 e. The highest BCUT2D eigenvalue weighted by atomic mass is 32.2. The van der Waals surface area contributed by atoms with Gasteiger partial charge in [0, 0.05) is 35.3 Å². The van der Waals surface area contributed by atoms with E-state index in [0.29, 0.717) is 22.9 Å². The summed E-state index contributed by atoms with van der Waals surface area (Å²) in [5, 5.41) is 12.1. The topological polar surface area (TPSA) is 113 Å². The van der Waals surface area contributed by atoms with Crippen LogP contribution in [-0.4, -0.2) is 44.0 Å². The minimum Gasteiger partial charge on any atom is -0.478 e. The zero-order chi connectivity index (χ0) is 31.0. The number of carbonyl (C=O) groups is 2. The van der Waals surface area contributed by atoms with E-state index in [2.05, 4.69) is 24.1 Å². The summed E-state index contributed by atoms with van der Waals surface area (Å²) in [6.07, 6.45) is 13.2. The van der Waals surface area contributed by atoms with Crippen LogP contribution in [0, 0.1) is 11.3 Å². The second-order valence-corrected chi connectivity index (χ2v) is 14.6. The van der Waals surface area contributed by atoms with Crippen molar-refractivity contribution in [3.8, 4) is 5.75 Å². The molecule has 0 atom stereocenters. The molecule has 43 heavy (non-hydrogen) atoms. The number of benzene rings is 2. The molecule has 234 valence electrons. The molecule has 1 amide bonds. The van der Waals surface area contributed by atoms with Crippen LogP contribution >= 0.6 is 11.8 Å². The van der Waals surface area contributed by atoms with Crippen LogP contribution in [0.1, 0.15) is 78.1 Å². The number of fused-ring (bicyclic) bond motifs is 1. The minimum atomic E-state index is -3.74. The van der Waals surface area contributed by atoms with E-state index in [-0.39, 0.29) is 22.5 Å². The predicted octanol–water partition coefficient (Wildman–Crippen LogP) is 7.81. The van der Waals surface area contributed by atoms with Crippen molar-refractivity contribution < 1.29 is 27.9 Å². The Bertz CT molecular complexity index is 1410. The van der Waals surface area contributed by atoms with Gasteiger partial charge in [-0.15, -0.1) is 11.8 Å². The summed E-state index contributed by atoms with van der Waals surface area (Å²) in [7, 11) is -3.74. The van der Waals surface area contributed by atoms with Gasteiger partial charge in [0.2, 0.25) is 5.91 Å². The van der Waals surface area contributed by atoms with Crippen molar-refractivity contribution in [1.29, 1.82) is 0 Å². The number of anilines is 3. The molecular formula is C33H44N2O6S2. The fourth-order valence-electron chi connectivity index (χ4n) is 6.27. The molecule has 0 radical (unpaired) electrons. The average Bonchev–Trinajstić information content (AvgIpc) is 3.50. The van der Waals surface area contributed by atoms with Crippen LogP contribution in [0.5, 0.6) is 5.75 Å². The Morgan fingerprint density at radius 1 is 1.09 bits per heavy atom. The van der Waals surface area contributed by atoms with Gasteiger partial charge in [-0.3, -0.25) is 4.79 Å². The maximum atomic E-state index is 14.2. The molecule has 1 heterocycles. The highest BCUT2D eigenvalue weighted by Gasteiger charge is 2.42. The molecule has 0 saturated heterocycles. The number of amides is 1. The van der Waals surface area contributed by atoms with Gasteiger partial charge in [-0.2, -0.15) is 0 Å². The number of carboxylic acids is 1. The van der Waals surface area contributed by atoms with Crippen molar-refractivity contribution in [2.75, 3.05) is 28.8 Å². The zero-order valence-corrected chi connectivity index (χ0v) is 27.1. The van der Waals surface area contributed by atoms with Crippen LogP contribution in [0.15, 0.2) is 58.5 Å². The quantitative estimate of drug-likeness (QED) is 0.131. The van der Waals surface area contributed by atoms with E-state index in [1.54, 1.807) is 6.07 Å². The molecule has 0 bridgehead atoms. The van der Waals surface area contributed by atoms with Crippen molar-refractivity contribution in [1.82, 2.24) is 0 Å². The number of hydrogen-bond donors (Lipinski definition) is 2. The SMILES string of the molecule is CCCCC1(CCCC)CN(c2ccc(NC(=O)C3CCCC3)cc2)c2cc(SC)c(OC=CC(=O)O)cc2S(=O)(=O)C1. The molecule has 4 rings (SSSR count). The van der Waals surface area contributed by atoms with Gasteiger partial charge in [-0.25, -0.2) is 13.2 Å². The number of unbranched alkanes of at least 4 members (excludes halogenated alkanes) is 2. The second-order valence-electron chi connectivity index (χ2n) is 11.8. The summed E-state index contributed by atoms with van der Waals surface area (Å²) < 4.78 is 34.0. The third-order valence-electron chi connectivity index (χ3n) is 8.56. The lowest BCUT2D eigenvalue weighted by atomic mass is 9.79. The molecule has 1 fully saturated rings. The first-order valence-corrected chi connectivity index (χ1v) is 18.2. The third kappa shape index (κ3) is 8.15. The monoisotopic (exact) mass is 628 g/mol. The molecule has 2 N–H and O–H groups in total. The summed E-state index contributed by atoms with van der Waals surface area (Å²) >= 11 is 1.40. The molecule has 2 aromatic rings. The molecule has 0 aromatic heterocycles. The van der Waals surface area contributed by atoms with E-state index in [1.165, 1.54) is 11.8 Å². The maximum absolute atomic E-state index is 14.2. The number of sulfone groups is 1. The molecule has 2 aromatic carbocycles. The molecule has 2 aliphatic rings. The Kier molecular flexibility index (Phi) is 11.2. The highest BCUT2D eigenvalue weighted by molar-refractivity contribution is 7.98. The third-order valence-corrected chi connectivity index (χ3v) is 11.3. The first-order chi connectivity index (χ1) is 20.6. The Balaban J connectivity index is 1.80. The zero-order valence-electron chi connectivity index (χ0n) is 25.4. The van der Waals surface area contributed by atoms with Crippen molar-refractivity contribution in [2.45, 2.75) is 87.8 Å². The van der Waals surface area contributed by atoms with Gasteiger partial charge in [0.05, 0.1) is 33.6 Å². The van der Waals surface area contributed by atoms with Crippen LogP contribution in [0.2, 0.25) is 0 Å². The van der Waals surface area contributed by atoms with Gasteiger partial charge >= 0.3 is 5.97 Å². The number of rotatable bonds is 13. The predicted molar refractivity (Wildman–Crippen MR) is 173 cm³/mol. The number of carboxylic acid groups (broad SMARTS) is 1. The Labute approximate surface area is 260 Å². The fraction of sp³-hybridized carbons (Fsp3) is 0.515. The van der Waals surface area contributed by atoms with E-state index >= 15 is 0 Å². The lowest BCUT2D eigenvalue weighted by molar-refractivity contribution is -0.131. The van der Waals surface area contributed by atoms with Crippen molar-refractivity contribution >= 4 is 50.5 Å². The van der Waals surface area contributed by atoms with E-state index < -0.39 is 21.2 Å². The Morgan fingerprint density at radius 2 is 1.74 bits per heavy atom. The van der Waals surface area contributed by atoms with Crippen LogP contribution < -0.4 is 15.0 Å². The van der Waals surface area contributed by atoms with Gasteiger partial charge in [0.1, 0.15) is 5.75 Å². The molecule has 1 aliphatic heterocycles. The fourth-order valence-corrected chi connectivity index (χ4v) is 8.93.